The summed E-state index contributed by atoms with van der Waals surface area (Å²) >= 11 is 0. The number of methoxy groups -OCH3 is 2. The third-order valence-corrected chi connectivity index (χ3v) is 1.05. The predicted octanol–water partition coefficient (Wildman–Crippen LogP) is 0.379. The third kappa shape index (κ3) is 15.2. The maximum absolute atomic E-state index is 10.2. The van der Waals surface area contributed by atoms with E-state index in [-0.39, 0.29) is 0 Å². The zero-order chi connectivity index (χ0) is 12.1. The molecule has 0 amide bonds. The van der Waals surface area contributed by atoms with E-state index in [9.17, 15) is 9.59 Å². The van der Waals surface area contributed by atoms with Crippen LogP contribution in [0.1, 0.15) is 13.8 Å². The van der Waals surface area contributed by atoms with E-state index in [1.807, 2.05) is 25.7 Å². The van der Waals surface area contributed by atoms with Crippen molar-refractivity contribution in [2.75, 3.05) is 27.4 Å². The molecule has 0 radical (unpaired) electrons. The van der Waals surface area contributed by atoms with Gasteiger partial charge < -0.3 is 14.2 Å². The molecule has 0 saturated carbocycles. The van der Waals surface area contributed by atoms with Gasteiger partial charge >= 0.3 is 11.9 Å². The Kier molecular flexibility index (Phi) is 13.2. The van der Waals surface area contributed by atoms with Crippen LogP contribution >= 0.6 is 0 Å². The first-order valence-corrected chi connectivity index (χ1v) is 4.37. The van der Waals surface area contributed by atoms with E-state index in [0.717, 1.165) is 13.2 Å². The monoisotopic (exact) mass is 216 g/mol. The molecule has 0 aliphatic heterocycles. The summed E-state index contributed by atoms with van der Waals surface area (Å²) in [5.41, 5.74) is 0. The second kappa shape index (κ2) is 12.5. The summed E-state index contributed by atoms with van der Waals surface area (Å²) in [5.74, 6) is 2.28. The molecule has 0 unspecified atom stereocenters. The molecule has 0 aromatic rings. The van der Waals surface area contributed by atoms with Crippen LogP contribution < -0.4 is 0 Å². The van der Waals surface area contributed by atoms with Gasteiger partial charge in [0, 0.05) is 25.1 Å². The Balaban J connectivity index is 0. The number of carbonyl (C=O) groups is 2. The maximum atomic E-state index is 10.2. The standard InChI is InChI=1S/C6H6O4.C4H10O/c1-9-5(7)3-4-6(8)10-2;1-3-5-4-2/h1-2H3;3-4H2,1-2H3. The smallest absolute Gasteiger partial charge is 0.384 e. The summed E-state index contributed by atoms with van der Waals surface area (Å²) in [4.78, 5) is 20.5. The Morgan fingerprint density at radius 3 is 1.40 bits per heavy atom. The van der Waals surface area contributed by atoms with Gasteiger partial charge in [-0.25, -0.2) is 9.59 Å². The number of hydrogen-bond acceptors (Lipinski definition) is 5. The quantitative estimate of drug-likeness (QED) is 0.379. The van der Waals surface area contributed by atoms with Crippen molar-refractivity contribution < 1.29 is 23.8 Å². The van der Waals surface area contributed by atoms with E-state index in [1.165, 1.54) is 14.2 Å². The average Bonchev–Trinajstić information content (AvgIpc) is 2.27. The molecule has 0 atom stereocenters. The van der Waals surface area contributed by atoms with Gasteiger partial charge in [0.1, 0.15) is 0 Å². The summed E-state index contributed by atoms with van der Waals surface area (Å²) in [7, 11) is 2.35. The molecule has 0 aromatic carbocycles. The predicted molar refractivity (Wildman–Crippen MR) is 54.0 cm³/mol. The molecular weight excluding hydrogens is 200 g/mol. The summed E-state index contributed by atoms with van der Waals surface area (Å²) in [6.07, 6.45) is 0. The lowest BCUT2D eigenvalue weighted by atomic mass is 10.6. The Morgan fingerprint density at radius 1 is 0.933 bits per heavy atom. The van der Waals surface area contributed by atoms with Gasteiger partial charge in [0.15, 0.2) is 0 Å². The van der Waals surface area contributed by atoms with Gasteiger partial charge in [0.05, 0.1) is 14.2 Å². The van der Waals surface area contributed by atoms with E-state index in [1.54, 1.807) is 0 Å². The Bertz CT molecular complexity index is 214. The molecule has 0 aliphatic carbocycles. The maximum Gasteiger partial charge on any atom is 0.384 e. The summed E-state index contributed by atoms with van der Waals surface area (Å²) < 4.78 is 13.1. The SMILES string of the molecule is CCOCC.COC(=O)C#CC(=O)OC. The Morgan fingerprint density at radius 2 is 1.27 bits per heavy atom. The molecule has 15 heavy (non-hydrogen) atoms. The molecule has 0 spiro atoms. The van der Waals surface area contributed by atoms with Gasteiger partial charge in [0.2, 0.25) is 0 Å². The summed E-state index contributed by atoms with van der Waals surface area (Å²) in [6, 6.07) is 0. The van der Waals surface area contributed by atoms with Crippen molar-refractivity contribution in [3.8, 4) is 11.8 Å². The van der Waals surface area contributed by atoms with Crippen molar-refractivity contribution in [1.29, 1.82) is 0 Å². The molecule has 0 saturated heterocycles. The molecule has 0 rings (SSSR count). The molecule has 0 fully saturated rings. The minimum atomic E-state index is -0.759. The fraction of sp³-hybridized carbons (Fsp3) is 0.600. The number of ether oxygens (including phenoxy) is 3. The van der Waals surface area contributed by atoms with E-state index >= 15 is 0 Å². The molecule has 86 valence electrons. The third-order valence-electron chi connectivity index (χ3n) is 1.05. The fourth-order valence-corrected chi connectivity index (χ4v) is 0.408. The van der Waals surface area contributed by atoms with Crippen molar-refractivity contribution >= 4 is 11.9 Å². The normalized spacial score (nSPS) is 7.47. The Hall–Kier alpha value is -1.54. The number of carbonyl (C=O) groups excluding carboxylic acids is 2. The molecule has 0 bridgehead atoms. The first-order chi connectivity index (χ1) is 7.12. The molecule has 0 heterocycles. The van der Waals surface area contributed by atoms with Crippen LogP contribution in [0.4, 0.5) is 0 Å². The minimum Gasteiger partial charge on any atom is -0.459 e. The van der Waals surface area contributed by atoms with Gasteiger partial charge in [0.25, 0.3) is 0 Å². The molecule has 5 heteroatoms. The van der Waals surface area contributed by atoms with Crippen LogP contribution in [0.15, 0.2) is 0 Å². The van der Waals surface area contributed by atoms with Crippen LogP contribution in [0.3, 0.4) is 0 Å². The van der Waals surface area contributed by atoms with E-state index in [2.05, 4.69) is 9.47 Å². The minimum absolute atomic E-state index is 0.759. The van der Waals surface area contributed by atoms with Crippen LogP contribution in [0.25, 0.3) is 0 Å². The number of esters is 2. The molecule has 0 aliphatic rings. The topological polar surface area (TPSA) is 61.8 Å². The van der Waals surface area contributed by atoms with Crippen molar-refractivity contribution in [1.82, 2.24) is 0 Å². The number of rotatable bonds is 2. The molecule has 0 N–H and O–H groups in total. The zero-order valence-electron chi connectivity index (χ0n) is 9.46. The van der Waals surface area contributed by atoms with Crippen molar-refractivity contribution in [3.05, 3.63) is 0 Å². The highest BCUT2D eigenvalue weighted by Crippen LogP contribution is 1.70. The van der Waals surface area contributed by atoms with Gasteiger partial charge in [-0.3, -0.25) is 0 Å². The zero-order valence-corrected chi connectivity index (χ0v) is 9.46. The summed E-state index contributed by atoms with van der Waals surface area (Å²) in [6.45, 7) is 5.67. The lowest BCUT2D eigenvalue weighted by molar-refractivity contribution is -0.135. The van der Waals surface area contributed by atoms with Crippen LogP contribution in [0.5, 0.6) is 0 Å². The Labute approximate surface area is 89.7 Å². The van der Waals surface area contributed by atoms with Gasteiger partial charge in [-0.1, -0.05) is 0 Å². The highest BCUT2D eigenvalue weighted by atomic mass is 16.5. The molecule has 0 aromatic heterocycles. The van der Waals surface area contributed by atoms with E-state index in [0.29, 0.717) is 0 Å². The van der Waals surface area contributed by atoms with Gasteiger partial charge in [-0.15, -0.1) is 0 Å². The lowest BCUT2D eigenvalue weighted by Crippen LogP contribution is -1.99. The van der Waals surface area contributed by atoms with Gasteiger partial charge in [-0.05, 0) is 13.8 Å². The highest BCUT2D eigenvalue weighted by molar-refractivity contribution is 5.98. The highest BCUT2D eigenvalue weighted by Gasteiger charge is 1.93. The second-order valence-electron chi connectivity index (χ2n) is 2.01. The van der Waals surface area contributed by atoms with E-state index in [4.69, 9.17) is 4.74 Å². The second-order valence-corrected chi connectivity index (χ2v) is 2.01. The van der Waals surface area contributed by atoms with Crippen molar-refractivity contribution in [2.24, 2.45) is 0 Å². The molecule has 5 nitrogen and oxygen atoms in total. The lowest BCUT2D eigenvalue weighted by Gasteiger charge is -1.86. The van der Waals surface area contributed by atoms with E-state index < -0.39 is 11.9 Å². The van der Waals surface area contributed by atoms with Crippen LogP contribution in [-0.4, -0.2) is 39.4 Å². The average molecular weight is 216 g/mol. The van der Waals surface area contributed by atoms with Crippen LogP contribution in [-0.2, 0) is 23.8 Å². The largest absolute Gasteiger partial charge is 0.459 e. The first kappa shape index (κ1) is 15.9. The van der Waals surface area contributed by atoms with Crippen molar-refractivity contribution in [3.63, 3.8) is 0 Å². The fourth-order valence-electron chi connectivity index (χ4n) is 0.408. The van der Waals surface area contributed by atoms with Crippen molar-refractivity contribution in [2.45, 2.75) is 13.8 Å². The first-order valence-electron chi connectivity index (χ1n) is 4.37. The molecular formula is C10H16O5. The van der Waals surface area contributed by atoms with Crippen LogP contribution in [0.2, 0.25) is 0 Å². The summed E-state index contributed by atoms with van der Waals surface area (Å²) in [5, 5.41) is 0. The van der Waals surface area contributed by atoms with Crippen LogP contribution in [0, 0.1) is 11.8 Å². The number of hydrogen-bond donors (Lipinski definition) is 0. The van der Waals surface area contributed by atoms with Gasteiger partial charge in [-0.2, -0.15) is 0 Å².